The molecule has 0 unspecified atom stereocenters. The zero-order valence-electron chi connectivity index (χ0n) is 15.5. The van der Waals surface area contributed by atoms with E-state index in [-0.39, 0.29) is 29.5 Å². The normalized spacial score (nSPS) is 14.1. The van der Waals surface area contributed by atoms with Gasteiger partial charge in [-0.3, -0.25) is 9.59 Å². The number of alkyl halides is 3. The summed E-state index contributed by atoms with van der Waals surface area (Å²) < 4.78 is 43.7. The van der Waals surface area contributed by atoms with Gasteiger partial charge in [-0.1, -0.05) is 6.07 Å². The van der Waals surface area contributed by atoms with Crippen LogP contribution in [0.1, 0.15) is 15.9 Å². The summed E-state index contributed by atoms with van der Waals surface area (Å²) in [6.45, 7) is -0.0841. The van der Waals surface area contributed by atoms with Gasteiger partial charge in [0.25, 0.3) is 5.91 Å². The number of amides is 2. The van der Waals surface area contributed by atoms with Crippen molar-refractivity contribution in [2.24, 2.45) is 0 Å². The van der Waals surface area contributed by atoms with Crippen molar-refractivity contribution in [1.82, 2.24) is 15.2 Å². The second kappa shape index (κ2) is 8.80. The average Bonchev–Trinajstić information content (AvgIpc) is 2.72. The minimum atomic E-state index is -4.52. The molecule has 2 amide bonds. The number of nitrogens with one attached hydrogen (secondary N) is 2. The number of hydrogen-bond donors (Lipinski definition) is 2. The fraction of sp³-hybridized carbons (Fsp3) is 0.263. The molecule has 2 N–H and O–H groups in total. The minimum Gasteiger partial charge on any atom is -0.452 e. The van der Waals surface area contributed by atoms with Gasteiger partial charge in [-0.2, -0.15) is 13.2 Å². The maximum Gasteiger partial charge on any atom is 0.416 e. The second-order valence-corrected chi connectivity index (χ2v) is 6.34. The number of esters is 1. The number of carbonyl (C=O) groups is 3. The highest BCUT2D eigenvalue weighted by Gasteiger charge is 2.30. The molecule has 0 saturated carbocycles. The van der Waals surface area contributed by atoms with Crippen molar-refractivity contribution in [2.45, 2.75) is 6.18 Å². The Bertz CT molecular complexity index is 965. The lowest BCUT2D eigenvalue weighted by Crippen LogP contribution is -2.51. The van der Waals surface area contributed by atoms with Crippen molar-refractivity contribution in [1.29, 1.82) is 0 Å². The lowest BCUT2D eigenvalue weighted by Gasteiger charge is -2.26. The van der Waals surface area contributed by atoms with E-state index in [1.165, 1.54) is 35.4 Å². The van der Waals surface area contributed by atoms with E-state index in [9.17, 15) is 27.6 Å². The van der Waals surface area contributed by atoms with Crippen molar-refractivity contribution in [3.8, 4) is 0 Å². The highest BCUT2D eigenvalue weighted by molar-refractivity contribution is 5.96. The molecule has 1 fully saturated rings. The van der Waals surface area contributed by atoms with Crippen molar-refractivity contribution < 1.29 is 32.3 Å². The van der Waals surface area contributed by atoms with E-state index in [2.05, 4.69) is 15.6 Å². The van der Waals surface area contributed by atoms with Gasteiger partial charge in [0, 0.05) is 25.0 Å². The molecule has 0 spiro atoms. The van der Waals surface area contributed by atoms with Gasteiger partial charge in [-0.15, -0.1) is 0 Å². The molecule has 158 valence electrons. The first kappa shape index (κ1) is 21.1. The van der Waals surface area contributed by atoms with Gasteiger partial charge in [0.05, 0.1) is 12.1 Å². The van der Waals surface area contributed by atoms with E-state index >= 15 is 0 Å². The highest BCUT2D eigenvalue weighted by atomic mass is 19.4. The lowest BCUT2D eigenvalue weighted by molar-refractivity contribution is -0.140. The minimum absolute atomic E-state index is 0.0216. The van der Waals surface area contributed by atoms with Crippen LogP contribution in [0.3, 0.4) is 0 Å². The Balaban J connectivity index is 1.68. The van der Waals surface area contributed by atoms with Crippen molar-refractivity contribution >= 4 is 29.3 Å². The Hall–Kier alpha value is -3.63. The standard InChI is InChI=1S/C19H17F3N4O4/c20-19(21,22)12-3-1-4-13(9-12)25-17-14(5-2-6-24-17)18(29)30-11-16(28)26-8-7-23-15(27)10-26/h1-6,9H,7-8,10-11H2,(H,23,27)(H,24,25). The van der Waals surface area contributed by atoms with Crippen molar-refractivity contribution in [3.63, 3.8) is 0 Å². The molecular formula is C19H17F3N4O4. The topological polar surface area (TPSA) is 101 Å². The summed E-state index contributed by atoms with van der Waals surface area (Å²) in [7, 11) is 0. The summed E-state index contributed by atoms with van der Waals surface area (Å²) in [6, 6.07) is 7.23. The van der Waals surface area contributed by atoms with Gasteiger partial charge in [0.1, 0.15) is 11.4 Å². The van der Waals surface area contributed by atoms with Gasteiger partial charge in [0.15, 0.2) is 6.61 Å². The average molecular weight is 422 g/mol. The largest absolute Gasteiger partial charge is 0.452 e. The number of carbonyl (C=O) groups excluding carboxylic acids is 3. The SMILES string of the molecule is O=C1CN(C(=O)COC(=O)c2cccnc2Nc2cccc(C(F)(F)F)c2)CCN1. The predicted octanol–water partition coefficient (Wildman–Crippen LogP) is 1.96. The van der Waals surface area contributed by atoms with Crippen LogP contribution in [0.25, 0.3) is 0 Å². The van der Waals surface area contributed by atoms with E-state index in [4.69, 9.17) is 4.74 Å². The molecule has 1 aromatic carbocycles. The maximum atomic E-state index is 12.9. The first-order valence-electron chi connectivity index (χ1n) is 8.85. The molecule has 2 aromatic rings. The molecule has 30 heavy (non-hydrogen) atoms. The zero-order valence-corrected chi connectivity index (χ0v) is 15.5. The summed E-state index contributed by atoms with van der Waals surface area (Å²) in [5, 5.41) is 5.24. The summed E-state index contributed by atoms with van der Waals surface area (Å²) in [6.07, 6.45) is -3.17. The number of aromatic nitrogens is 1. The van der Waals surface area contributed by atoms with Gasteiger partial charge in [-0.05, 0) is 30.3 Å². The quantitative estimate of drug-likeness (QED) is 0.715. The molecule has 0 atom stereocenters. The number of halogens is 3. The third-order valence-corrected chi connectivity index (χ3v) is 4.20. The number of pyridine rings is 1. The number of nitrogens with zero attached hydrogens (tertiary/aromatic N) is 2. The number of rotatable bonds is 5. The summed E-state index contributed by atoms with van der Waals surface area (Å²) in [5.74, 6) is -1.74. The Morgan fingerprint density at radius 3 is 2.77 bits per heavy atom. The Morgan fingerprint density at radius 2 is 2.03 bits per heavy atom. The Labute approximate surface area is 169 Å². The van der Waals surface area contributed by atoms with Crippen LogP contribution >= 0.6 is 0 Å². The zero-order chi connectivity index (χ0) is 21.7. The Morgan fingerprint density at radius 1 is 1.23 bits per heavy atom. The van der Waals surface area contributed by atoms with Gasteiger partial charge in [0.2, 0.25) is 5.91 Å². The smallest absolute Gasteiger partial charge is 0.416 e. The third kappa shape index (κ3) is 5.25. The van der Waals surface area contributed by atoms with Crippen LogP contribution in [0.5, 0.6) is 0 Å². The summed E-state index contributed by atoms with van der Waals surface area (Å²) in [4.78, 5) is 41.1. The molecule has 0 bridgehead atoms. The van der Waals surface area contributed by atoms with Crippen LogP contribution in [-0.4, -0.2) is 53.9 Å². The number of benzene rings is 1. The molecule has 2 heterocycles. The first-order chi connectivity index (χ1) is 14.2. The summed E-state index contributed by atoms with van der Waals surface area (Å²) in [5.41, 5.74) is -0.837. The molecule has 11 heteroatoms. The van der Waals surface area contributed by atoms with Crippen molar-refractivity contribution in [2.75, 3.05) is 31.6 Å². The van der Waals surface area contributed by atoms with Crippen LogP contribution < -0.4 is 10.6 Å². The molecule has 1 aromatic heterocycles. The molecule has 1 aliphatic heterocycles. The van der Waals surface area contributed by atoms with Crippen LogP contribution in [0.4, 0.5) is 24.7 Å². The monoisotopic (exact) mass is 422 g/mol. The first-order valence-corrected chi connectivity index (χ1v) is 8.85. The van der Waals surface area contributed by atoms with Gasteiger partial charge < -0.3 is 20.3 Å². The van der Waals surface area contributed by atoms with E-state index in [1.807, 2.05) is 0 Å². The number of anilines is 2. The Kier molecular flexibility index (Phi) is 6.19. The number of piperazine rings is 1. The lowest BCUT2D eigenvalue weighted by atomic mass is 10.2. The second-order valence-electron chi connectivity index (χ2n) is 6.34. The van der Waals surface area contributed by atoms with E-state index < -0.39 is 30.2 Å². The molecular weight excluding hydrogens is 405 g/mol. The molecule has 0 radical (unpaired) electrons. The van der Waals surface area contributed by atoms with Crippen LogP contribution in [-0.2, 0) is 20.5 Å². The number of ether oxygens (including phenoxy) is 1. The molecule has 3 rings (SSSR count). The molecule has 8 nitrogen and oxygen atoms in total. The number of hydrogen-bond acceptors (Lipinski definition) is 6. The predicted molar refractivity (Wildman–Crippen MR) is 98.8 cm³/mol. The van der Waals surface area contributed by atoms with E-state index in [0.29, 0.717) is 13.1 Å². The van der Waals surface area contributed by atoms with Gasteiger partial charge in [-0.25, -0.2) is 9.78 Å². The fourth-order valence-corrected chi connectivity index (χ4v) is 2.73. The summed E-state index contributed by atoms with van der Waals surface area (Å²) >= 11 is 0. The molecule has 0 aliphatic carbocycles. The third-order valence-electron chi connectivity index (χ3n) is 4.20. The van der Waals surface area contributed by atoms with Crippen LogP contribution in [0.15, 0.2) is 42.6 Å². The van der Waals surface area contributed by atoms with E-state index in [1.54, 1.807) is 0 Å². The highest BCUT2D eigenvalue weighted by Crippen LogP contribution is 2.31. The van der Waals surface area contributed by atoms with Crippen LogP contribution in [0, 0.1) is 0 Å². The fourth-order valence-electron chi connectivity index (χ4n) is 2.73. The van der Waals surface area contributed by atoms with Crippen molar-refractivity contribution in [3.05, 3.63) is 53.7 Å². The maximum absolute atomic E-state index is 12.9. The molecule has 1 aliphatic rings. The van der Waals surface area contributed by atoms with Gasteiger partial charge >= 0.3 is 12.1 Å². The molecule has 1 saturated heterocycles. The van der Waals surface area contributed by atoms with Crippen LogP contribution in [0.2, 0.25) is 0 Å². The van der Waals surface area contributed by atoms with E-state index in [0.717, 1.165) is 12.1 Å².